The lowest BCUT2D eigenvalue weighted by Crippen LogP contribution is -2.44. The lowest BCUT2D eigenvalue weighted by molar-refractivity contribution is -0.140. The average molecular weight is 813 g/mol. The molecule has 53 heavy (non-hydrogen) atoms. The van der Waals surface area contributed by atoms with E-state index >= 15 is 0 Å². The Kier molecular flexibility index (Phi) is 21.4. The zero-order valence-corrected chi connectivity index (χ0v) is 34.9. The van der Waals surface area contributed by atoms with Crippen LogP contribution in [0.4, 0.5) is 32.3 Å². The van der Waals surface area contributed by atoms with E-state index in [1.54, 1.807) is 57.3 Å². The first-order chi connectivity index (χ1) is 25.6. The summed E-state index contributed by atoms with van der Waals surface area (Å²) in [5.41, 5.74) is 4.01. The molecule has 0 radical (unpaired) electrons. The Bertz CT molecular complexity index is 1350. The molecule has 0 spiro atoms. The maximum absolute atomic E-state index is 12.2. The molecule has 0 aliphatic carbocycles. The van der Waals surface area contributed by atoms with E-state index in [0.29, 0.717) is 37.1 Å². The number of anilines is 4. The molecule has 0 aromatic heterocycles. The third-order valence-electron chi connectivity index (χ3n) is 8.36. The van der Waals surface area contributed by atoms with Crippen molar-refractivity contribution in [1.82, 2.24) is 9.80 Å². The van der Waals surface area contributed by atoms with Crippen LogP contribution in [0.15, 0.2) is 48.5 Å². The predicted octanol–water partition coefficient (Wildman–Crippen LogP) is 5.34. The number of likely N-dealkylation sites (N-methyl/N-ethyl adjacent to an activating group) is 2. The third kappa shape index (κ3) is 17.1. The molecule has 4 rings (SSSR count). The molecule has 2 fully saturated rings. The SMILES string of the molecule is CC(=O)OCCSSCCOC(=O)N(C)c1ccc(N2CCN(C)CC2)cc1.CN1CCN(c2ccc(N(C)C(=O)OCCSSCCO)cc2)CC1. The Morgan fingerprint density at radius 1 is 0.585 bits per heavy atom. The van der Waals surface area contributed by atoms with Gasteiger partial charge >= 0.3 is 18.2 Å². The third-order valence-corrected chi connectivity index (χ3v) is 13.0. The van der Waals surface area contributed by atoms with Crippen LogP contribution in [-0.4, -0.2) is 163 Å². The van der Waals surface area contributed by atoms with Crippen LogP contribution < -0.4 is 19.6 Å². The fourth-order valence-electron chi connectivity index (χ4n) is 5.13. The summed E-state index contributed by atoms with van der Waals surface area (Å²) in [7, 11) is 14.1. The summed E-state index contributed by atoms with van der Waals surface area (Å²) in [6, 6.07) is 16.1. The van der Waals surface area contributed by atoms with Gasteiger partial charge in [-0.3, -0.25) is 14.6 Å². The van der Waals surface area contributed by atoms with Crippen molar-refractivity contribution in [3.63, 3.8) is 0 Å². The highest BCUT2D eigenvalue weighted by Gasteiger charge is 2.18. The van der Waals surface area contributed by atoms with E-state index in [1.807, 2.05) is 24.3 Å². The number of aliphatic hydroxyl groups excluding tert-OH is 1. The number of esters is 1. The number of rotatable bonds is 17. The molecule has 17 heteroatoms. The second-order valence-corrected chi connectivity index (χ2v) is 17.7. The van der Waals surface area contributed by atoms with Crippen LogP contribution in [0.2, 0.25) is 0 Å². The average Bonchev–Trinajstić information content (AvgIpc) is 3.17. The first-order valence-corrected chi connectivity index (χ1v) is 22.7. The summed E-state index contributed by atoms with van der Waals surface area (Å²) in [6.07, 6.45) is -0.710. The van der Waals surface area contributed by atoms with Crippen molar-refractivity contribution in [2.75, 3.05) is 150 Å². The first-order valence-electron chi connectivity index (χ1n) is 17.7. The topological polar surface area (TPSA) is 119 Å². The summed E-state index contributed by atoms with van der Waals surface area (Å²) in [5, 5.41) is 8.69. The number of piperazine rings is 2. The van der Waals surface area contributed by atoms with Crippen molar-refractivity contribution in [1.29, 1.82) is 0 Å². The number of hydrogen-bond donors (Lipinski definition) is 1. The lowest BCUT2D eigenvalue weighted by Gasteiger charge is -2.34. The van der Waals surface area contributed by atoms with Gasteiger partial charge in [0.15, 0.2) is 0 Å². The summed E-state index contributed by atoms with van der Waals surface area (Å²) in [4.78, 5) is 47.3. The molecular formula is C36H56N6O7S4. The van der Waals surface area contributed by atoms with E-state index in [9.17, 15) is 14.4 Å². The highest BCUT2D eigenvalue weighted by atomic mass is 33.1. The number of aliphatic hydroxyl groups is 1. The van der Waals surface area contributed by atoms with Gasteiger partial charge in [0.1, 0.15) is 19.8 Å². The zero-order valence-electron chi connectivity index (χ0n) is 31.6. The molecule has 2 saturated heterocycles. The largest absolute Gasteiger partial charge is 0.465 e. The number of ether oxygens (including phenoxy) is 3. The minimum Gasteiger partial charge on any atom is -0.465 e. The summed E-state index contributed by atoms with van der Waals surface area (Å²) in [5.74, 6) is 2.55. The highest BCUT2D eigenvalue weighted by molar-refractivity contribution is 8.77. The van der Waals surface area contributed by atoms with Crippen LogP contribution in [0.1, 0.15) is 6.92 Å². The van der Waals surface area contributed by atoms with Gasteiger partial charge < -0.3 is 38.9 Å². The number of nitrogens with zero attached hydrogens (tertiary/aromatic N) is 6. The van der Waals surface area contributed by atoms with Gasteiger partial charge in [0.25, 0.3) is 0 Å². The highest BCUT2D eigenvalue weighted by Crippen LogP contribution is 2.24. The Balaban J connectivity index is 0.000000287. The van der Waals surface area contributed by atoms with Gasteiger partial charge in [0.2, 0.25) is 0 Å². The van der Waals surface area contributed by atoms with Crippen molar-refractivity contribution in [3.8, 4) is 0 Å². The van der Waals surface area contributed by atoms with Crippen LogP contribution in [0, 0.1) is 0 Å². The number of carbonyl (C=O) groups is 3. The quantitative estimate of drug-likeness (QED) is 0.0958. The minimum absolute atomic E-state index is 0.171. The van der Waals surface area contributed by atoms with Crippen molar-refractivity contribution in [2.45, 2.75) is 6.92 Å². The Labute approximate surface area is 331 Å². The fourth-order valence-corrected chi connectivity index (χ4v) is 8.38. The molecule has 2 aromatic rings. The molecule has 13 nitrogen and oxygen atoms in total. The van der Waals surface area contributed by atoms with E-state index in [0.717, 1.165) is 69.5 Å². The van der Waals surface area contributed by atoms with Gasteiger partial charge in [-0.25, -0.2) is 9.59 Å². The minimum atomic E-state index is -0.363. The molecule has 0 saturated carbocycles. The summed E-state index contributed by atoms with van der Waals surface area (Å²) in [6.45, 7) is 11.0. The number of carbonyl (C=O) groups excluding carboxylic acids is 3. The van der Waals surface area contributed by atoms with Crippen LogP contribution >= 0.6 is 43.2 Å². The molecule has 1 N–H and O–H groups in total. The van der Waals surface area contributed by atoms with E-state index in [2.05, 4.69) is 58.0 Å². The number of benzene rings is 2. The molecule has 0 atom stereocenters. The van der Waals surface area contributed by atoms with Gasteiger partial charge in [-0.05, 0) is 62.6 Å². The van der Waals surface area contributed by atoms with Crippen LogP contribution in [0.5, 0.6) is 0 Å². The van der Waals surface area contributed by atoms with E-state index in [4.69, 9.17) is 19.3 Å². The normalized spacial score (nSPS) is 14.9. The Hall–Kier alpha value is -2.67. The summed E-state index contributed by atoms with van der Waals surface area (Å²) < 4.78 is 15.4. The maximum atomic E-state index is 12.2. The Morgan fingerprint density at radius 2 is 0.925 bits per heavy atom. The monoisotopic (exact) mass is 812 g/mol. The van der Waals surface area contributed by atoms with Crippen molar-refractivity contribution in [3.05, 3.63) is 48.5 Å². The van der Waals surface area contributed by atoms with Gasteiger partial charge in [0.05, 0.1) is 6.61 Å². The number of amides is 2. The summed E-state index contributed by atoms with van der Waals surface area (Å²) >= 11 is 0. The smallest absolute Gasteiger partial charge is 0.414 e. The second kappa shape index (κ2) is 25.4. The molecule has 2 aliphatic rings. The molecular weight excluding hydrogens is 757 g/mol. The van der Waals surface area contributed by atoms with Crippen LogP contribution in [0.25, 0.3) is 0 Å². The molecule has 2 aromatic carbocycles. The van der Waals surface area contributed by atoms with Gasteiger partial charge in [-0.15, -0.1) is 0 Å². The van der Waals surface area contributed by atoms with E-state index in [1.165, 1.54) is 28.1 Å². The molecule has 0 bridgehead atoms. The standard InChI is InChI=1S/C19H29N3O4S2.C17H27N3O3S2/c1-16(23)25-12-14-27-28-15-13-26-19(24)21(3)17-4-6-18(7-5-17)22-10-8-20(2)9-11-22;1-18-7-9-20(10-8-18)16-5-3-15(4-6-16)19(2)17(22)23-12-14-25-24-13-11-21/h4-7H,8-15H2,1-3H3;3-6,21H,7-14H2,1-2H3. The van der Waals surface area contributed by atoms with Gasteiger partial charge in [-0.1, -0.05) is 43.2 Å². The molecule has 2 heterocycles. The lowest BCUT2D eigenvalue weighted by atomic mass is 10.2. The number of hydrogen-bond acceptors (Lipinski definition) is 15. The molecule has 296 valence electrons. The second-order valence-electron chi connectivity index (χ2n) is 12.3. The van der Waals surface area contributed by atoms with Gasteiger partial charge in [0, 0.05) is 119 Å². The van der Waals surface area contributed by atoms with Crippen molar-refractivity contribution in [2.24, 2.45) is 0 Å². The van der Waals surface area contributed by atoms with Gasteiger partial charge in [-0.2, -0.15) is 0 Å². The zero-order chi connectivity index (χ0) is 38.4. The first kappa shape index (κ1) is 44.7. The van der Waals surface area contributed by atoms with Crippen molar-refractivity contribution < 1.29 is 33.7 Å². The molecule has 0 unspecified atom stereocenters. The fraction of sp³-hybridized carbons (Fsp3) is 0.583. The Morgan fingerprint density at radius 3 is 1.26 bits per heavy atom. The van der Waals surface area contributed by atoms with E-state index in [-0.39, 0.29) is 24.8 Å². The van der Waals surface area contributed by atoms with E-state index < -0.39 is 0 Å². The van der Waals surface area contributed by atoms with Crippen molar-refractivity contribution >= 4 is 84.1 Å². The molecule has 2 amide bonds. The van der Waals surface area contributed by atoms with Crippen LogP contribution in [0.3, 0.4) is 0 Å². The molecule has 2 aliphatic heterocycles. The maximum Gasteiger partial charge on any atom is 0.414 e. The van der Waals surface area contributed by atoms with Crippen LogP contribution in [-0.2, 0) is 19.0 Å². The predicted molar refractivity (Wildman–Crippen MR) is 225 cm³/mol.